The van der Waals surface area contributed by atoms with Gasteiger partial charge in [0.1, 0.15) is 12.1 Å². The lowest BCUT2D eigenvalue weighted by Crippen LogP contribution is -2.44. The summed E-state index contributed by atoms with van der Waals surface area (Å²) < 4.78 is 5.36. The summed E-state index contributed by atoms with van der Waals surface area (Å²) in [6.45, 7) is 2.52. The highest BCUT2D eigenvalue weighted by Crippen LogP contribution is 2.41. The van der Waals surface area contributed by atoms with Crippen molar-refractivity contribution in [2.24, 2.45) is 0 Å². The Balaban J connectivity index is 0.00000205. The van der Waals surface area contributed by atoms with Gasteiger partial charge in [-0.3, -0.25) is 14.6 Å². The Labute approximate surface area is 174 Å². The lowest BCUT2D eigenvalue weighted by molar-refractivity contribution is -0.132. The van der Waals surface area contributed by atoms with E-state index in [0.29, 0.717) is 12.2 Å². The third kappa shape index (κ3) is 3.09. The molecule has 1 aromatic heterocycles. The first kappa shape index (κ1) is 19.8. The molecule has 1 spiro atoms. The fourth-order valence-corrected chi connectivity index (χ4v) is 4.43. The Bertz CT molecular complexity index is 950. The molecule has 1 aliphatic carbocycles. The molecule has 2 atom stereocenters. The van der Waals surface area contributed by atoms with Crippen molar-refractivity contribution < 1.29 is 14.1 Å². The zero-order valence-electron chi connectivity index (χ0n) is 16.1. The summed E-state index contributed by atoms with van der Waals surface area (Å²) in [6, 6.07) is 7.37. The number of carbonyl (C=O) groups excluding carboxylic acids is 2. The van der Waals surface area contributed by atoms with Crippen LogP contribution >= 0.6 is 12.4 Å². The number of halogens is 1. The Morgan fingerprint density at radius 2 is 2.14 bits per heavy atom. The van der Waals surface area contributed by atoms with Gasteiger partial charge in [0.25, 0.3) is 5.91 Å². The van der Waals surface area contributed by atoms with Crippen LogP contribution in [0.5, 0.6) is 0 Å². The minimum Gasteiger partial charge on any atom is -0.337 e. The lowest BCUT2D eigenvalue weighted by atomic mass is 9.92. The van der Waals surface area contributed by atoms with Crippen LogP contribution in [0.2, 0.25) is 0 Å². The van der Waals surface area contributed by atoms with Crippen LogP contribution in [0.15, 0.2) is 28.8 Å². The van der Waals surface area contributed by atoms with Crippen molar-refractivity contribution in [1.82, 2.24) is 30.6 Å². The normalized spacial score (nSPS) is 26.5. The minimum atomic E-state index is -0.968. The quantitative estimate of drug-likeness (QED) is 0.715. The van der Waals surface area contributed by atoms with Gasteiger partial charge in [0.15, 0.2) is 5.82 Å². The highest BCUT2D eigenvalue weighted by Gasteiger charge is 2.55. The van der Waals surface area contributed by atoms with E-state index in [0.717, 1.165) is 37.2 Å². The number of likely N-dealkylation sites (N-methyl/N-ethyl adjacent to an activating group) is 1. The zero-order valence-corrected chi connectivity index (χ0v) is 16.9. The molecule has 154 valence electrons. The highest BCUT2D eigenvalue weighted by molar-refractivity contribution is 6.07. The number of amides is 3. The number of aryl methyl sites for hydroxylation is 1. The molecule has 3 aliphatic rings. The van der Waals surface area contributed by atoms with Crippen LogP contribution < -0.4 is 10.6 Å². The number of hydrogen-bond acceptors (Lipinski definition) is 7. The largest absolute Gasteiger partial charge is 0.337 e. The summed E-state index contributed by atoms with van der Waals surface area (Å²) in [4.78, 5) is 33.6. The van der Waals surface area contributed by atoms with Gasteiger partial charge in [0, 0.05) is 19.6 Å². The van der Waals surface area contributed by atoms with Crippen molar-refractivity contribution in [2.45, 2.75) is 31.0 Å². The summed E-state index contributed by atoms with van der Waals surface area (Å²) in [7, 11) is 2.01. The molecule has 0 bridgehead atoms. The SMILES string of the molecule is CN1CCNCC1c1noc(CN2C(=O)NC3(CCc4ccccc43)C2=O)n1.Cl. The van der Waals surface area contributed by atoms with Crippen molar-refractivity contribution in [3.8, 4) is 0 Å². The van der Waals surface area contributed by atoms with E-state index < -0.39 is 11.6 Å². The fraction of sp³-hybridized carbons (Fsp3) is 0.474. The second-order valence-electron chi connectivity index (χ2n) is 7.63. The number of fused-ring (bicyclic) bond motifs is 2. The third-order valence-electron chi connectivity index (χ3n) is 6.01. The molecule has 1 aromatic carbocycles. The zero-order chi connectivity index (χ0) is 19.3. The number of nitrogens with zero attached hydrogens (tertiary/aromatic N) is 4. The van der Waals surface area contributed by atoms with Gasteiger partial charge in [0.2, 0.25) is 5.89 Å². The van der Waals surface area contributed by atoms with Crippen LogP contribution in [0.3, 0.4) is 0 Å². The first-order valence-electron chi connectivity index (χ1n) is 9.54. The van der Waals surface area contributed by atoms with E-state index in [2.05, 4.69) is 25.7 Å². The molecule has 2 saturated heterocycles. The van der Waals surface area contributed by atoms with E-state index in [9.17, 15) is 9.59 Å². The maximum absolute atomic E-state index is 13.2. The Morgan fingerprint density at radius 3 is 2.97 bits per heavy atom. The van der Waals surface area contributed by atoms with Crippen LogP contribution in [0.25, 0.3) is 0 Å². The smallest absolute Gasteiger partial charge is 0.325 e. The fourth-order valence-electron chi connectivity index (χ4n) is 4.43. The average Bonchev–Trinajstić information content (AvgIpc) is 3.37. The molecule has 2 aliphatic heterocycles. The second-order valence-corrected chi connectivity index (χ2v) is 7.63. The van der Waals surface area contributed by atoms with Crippen LogP contribution in [0.1, 0.15) is 35.3 Å². The molecule has 2 unspecified atom stereocenters. The molecule has 2 fully saturated rings. The van der Waals surface area contributed by atoms with Gasteiger partial charge < -0.3 is 15.2 Å². The van der Waals surface area contributed by atoms with E-state index in [-0.39, 0.29) is 36.8 Å². The van der Waals surface area contributed by atoms with Crippen molar-refractivity contribution in [3.63, 3.8) is 0 Å². The lowest BCUT2D eigenvalue weighted by Gasteiger charge is -2.30. The van der Waals surface area contributed by atoms with Crippen molar-refractivity contribution in [1.29, 1.82) is 0 Å². The molecule has 5 rings (SSSR count). The van der Waals surface area contributed by atoms with Gasteiger partial charge in [-0.05, 0) is 31.0 Å². The van der Waals surface area contributed by atoms with Gasteiger partial charge in [-0.1, -0.05) is 29.4 Å². The number of aromatic nitrogens is 2. The van der Waals surface area contributed by atoms with E-state index >= 15 is 0 Å². The van der Waals surface area contributed by atoms with E-state index in [1.807, 2.05) is 31.3 Å². The van der Waals surface area contributed by atoms with E-state index in [1.54, 1.807) is 0 Å². The van der Waals surface area contributed by atoms with Crippen molar-refractivity contribution in [2.75, 3.05) is 26.7 Å². The first-order valence-corrected chi connectivity index (χ1v) is 9.54. The molecular formula is C19H23ClN6O3. The molecule has 10 heteroatoms. The summed E-state index contributed by atoms with van der Waals surface area (Å²) in [5.41, 5.74) is 1.02. The van der Waals surface area contributed by atoms with Crippen molar-refractivity contribution >= 4 is 24.3 Å². The summed E-state index contributed by atoms with van der Waals surface area (Å²) in [5.74, 6) is 0.581. The second kappa shape index (κ2) is 7.40. The number of imide groups is 1. The Hall–Kier alpha value is -2.49. The number of carbonyl (C=O) groups is 2. The minimum absolute atomic E-state index is 0. The summed E-state index contributed by atoms with van der Waals surface area (Å²) in [5, 5.41) is 10.3. The van der Waals surface area contributed by atoms with Gasteiger partial charge in [0.05, 0.1) is 6.04 Å². The monoisotopic (exact) mass is 418 g/mol. The number of rotatable bonds is 3. The number of hydrogen-bond donors (Lipinski definition) is 2. The standard InChI is InChI=1S/C19H22N6O3.ClH/c1-24-9-8-20-10-14(24)16-21-15(28-23-16)11-25-17(26)19(22-18(25)27)7-6-12-4-2-3-5-13(12)19;/h2-5,14,20H,6-11H2,1H3,(H,22,27);1H. The van der Waals surface area contributed by atoms with Gasteiger partial charge in [-0.15, -0.1) is 12.4 Å². The highest BCUT2D eigenvalue weighted by atomic mass is 35.5. The van der Waals surface area contributed by atoms with Crippen molar-refractivity contribution in [3.05, 3.63) is 47.1 Å². The maximum atomic E-state index is 13.2. The molecular weight excluding hydrogens is 396 g/mol. The third-order valence-corrected chi connectivity index (χ3v) is 6.01. The molecule has 3 heterocycles. The van der Waals surface area contributed by atoms with Crippen LogP contribution in [0.4, 0.5) is 4.79 Å². The number of urea groups is 1. The summed E-state index contributed by atoms with van der Waals surface area (Å²) >= 11 is 0. The van der Waals surface area contributed by atoms with Crippen LogP contribution in [-0.2, 0) is 23.3 Å². The van der Waals surface area contributed by atoms with E-state index in [1.165, 1.54) is 4.90 Å². The topological polar surface area (TPSA) is 104 Å². The Morgan fingerprint density at radius 1 is 1.31 bits per heavy atom. The molecule has 0 radical (unpaired) electrons. The van der Waals surface area contributed by atoms with Gasteiger partial charge >= 0.3 is 6.03 Å². The Kier molecular flexibility index (Phi) is 5.05. The first-order chi connectivity index (χ1) is 13.6. The molecule has 29 heavy (non-hydrogen) atoms. The van der Waals surface area contributed by atoms with Gasteiger partial charge in [-0.2, -0.15) is 4.98 Å². The number of piperazine rings is 1. The molecule has 2 aromatic rings. The van der Waals surface area contributed by atoms with Crippen LogP contribution in [-0.4, -0.2) is 58.6 Å². The van der Waals surface area contributed by atoms with Gasteiger partial charge in [-0.25, -0.2) is 4.79 Å². The molecule has 9 nitrogen and oxygen atoms in total. The molecule has 2 N–H and O–H groups in total. The summed E-state index contributed by atoms with van der Waals surface area (Å²) in [6.07, 6.45) is 1.34. The average molecular weight is 419 g/mol. The number of nitrogens with one attached hydrogen (secondary N) is 2. The van der Waals surface area contributed by atoms with E-state index in [4.69, 9.17) is 4.52 Å². The number of benzene rings is 1. The van der Waals surface area contributed by atoms with Crippen LogP contribution in [0, 0.1) is 0 Å². The predicted octanol–water partition coefficient (Wildman–Crippen LogP) is 0.961. The predicted molar refractivity (Wildman–Crippen MR) is 105 cm³/mol. The maximum Gasteiger partial charge on any atom is 0.325 e. The molecule has 0 saturated carbocycles. The molecule has 3 amide bonds.